The van der Waals surface area contributed by atoms with Crippen molar-refractivity contribution in [1.82, 2.24) is 14.9 Å². The zero-order valence-corrected chi connectivity index (χ0v) is 14.7. The summed E-state index contributed by atoms with van der Waals surface area (Å²) in [7, 11) is 0. The molecule has 0 radical (unpaired) electrons. The van der Waals surface area contributed by atoms with Crippen LogP contribution in [-0.4, -0.2) is 27.3 Å². The highest BCUT2D eigenvalue weighted by molar-refractivity contribution is 8.00. The van der Waals surface area contributed by atoms with E-state index in [9.17, 15) is 9.59 Å². The summed E-state index contributed by atoms with van der Waals surface area (Å²) >= 11 is 1.34. The number of nitrogens with one attached hydrogen (secondary N) is 1. The second-order valence-electron chi connectivity index (χ2n) is 5.42. The van der Waals surface area contributed by atoms with Gasteiger partial charge in [0.15, 0.2) is 5.16 Å². The molecule has 0 saturated carbocycles. The molecule has 0 aliphatic carbocycles. The van der Waals surface area contributed by atoms with E-state index in [4.69, 9.17) is 0 Å². The molecule has 23 heavy (non-hydrogen) atoms. The summed E-state index contributed by atoms with van der Waals surface area (Å²) in [5.74, 6) is -0.0256. The van der Waals surface area contributed by atoms with Crippen LogP contribution in [0.15, 0.2) is 34.2 Å². The minimum absolute atomic E-state index is 0.0256. The molecule has 1 aromatic carbocycles. The molecule has 0 fully saturated rings. The second-order valence-corrected chi connectivity index (χ2v) is 6.73. The third kappa shape index (κ3) is 4.13. The van der Waals surface area contributed by atoms with E-state index in [2.05, 4.69) is 10.3 Å². The number of nitrogens with zero attached hydrogens (tertiary/aromatic N) is 2. The Hall–Kier alpha value is -1.82. The van der Waals surface area contributed by atoms with Gasteiger partial charge in [0.25, 0.3) is 5.56 Å². The van der Waals surface area contributed by atoms with Gasteiger partial charge in [0.05, 0.1) is 16.2 Å². The third-order valence-corrected chi connectivity index (χ3v) is 4.56. The lowest BCUT2D eigenvalue weighted by molar-refractivity contribution is -0.120. The number of carbonyl (C=O) groups is 1. The minimum atomic E-state index is -0.294. The summed E-state index contributed by atoms with van der Waals surface area (Å²) in [5.41, 5.74) is 0.634. The Morgan fingerprint density at radius 1 is 1.30 bits per heavy atom. The van der Waals surface area contributed by atoms with Crippen molar-refractivity contribution in [3.63, 3.8) is 0 Å². The maximum atomic E-state index is 12.7. The van der Waals surface area contributed by atoms with Gasteiger partial charge in [-0.2, -0.15) is 0 Å². The average molecular weight is 333 g/mol. The standard InChI is InChI=1S/C17H23N3O2S/c1-4-10-18-15(21)12(3)23-17-19-14-9-7-6-8-13(14)16(22)20(17)11-5-2/h6-9,12H,4-5,10-11H2,1-3H3,(H,18,21). The number of hydrogen-bond donors (Lipinski definition) is 1. The van der Waals surface area contributed by atoms with Gasteiger partial charge in [-0.05, 0) is 31.9 Å². The molecule has 0 aliphatic heterocycles. The highest BCUT2D eigenvalue weighted by Crippen LogP contribution is 2.22. The van der Waals surface area contributed by atoms with Crippen molar-refractivity contribution < 1.29 is 4.79 Å². The lowest BCUT2D eigenvalue weighted by Gasteiger charge is -2.15. The summed E-state index contributed by atoms with van der Waals surface area (Å²) in [6, 6.07) is 7.33. The Kier molecular flexibility index (Phi) is 6.21. The van der Waals surface area contributed by atoms with Crippen LogP contribution in [0.2, 0.25) is 0 Å². The van der Waals surface area contributed by atoms with Gasteiger partial charge in [-0.1, -0.05) is 37.7 Å². The zero-order chi connectivity index (χ0) is 16.8. The van der Waals surface area contributed by atoms with Crippen LogP contribution in [0.3, 0.4) is 0 Å². The number of aromatic nitrogens is 2. The molecule has 2 aromatic rings. The highest BCUT2D eigenvalue weighted by Gasteiger charge is 2.18. The molecular formula is C17H23N3O2S. The summed E-state index contributed by atoms with van der Waals surface area (Å²) < 4.78 is 1.68. The number of rotatable bonds is 7. The molecule has 6 heteroatoms. The molecule has 0 spiro atoms. The summed E-state index contributed by atoms with van der Waals surface area (Å²) in [6.07, 6.45) is 1.74. The van der Waals surface area contributed by atoms with Gasteiger partial charge in [0, 0.05) is 13.1 Å². The minimum Gasteiger partial charge on any atom is -0.355 e. The van der Waals surface area contributed by atoms with Crippen molar-refractivity contribution in [2.24, 2.45) is 0 Å². The van der Waals surface area contributed by atoms with E-state index in [-0.39, 0.29) is 16.7 Å². The molecule has 0 saturated heterocycles. The molecule has 5 nitrogen and oxygen atoms in total. The van der Waals surface area contributed by atoms with E-state index >= 15 is 0 Å². The molecule has 124 valence electrons. The second kappa shape index (κ2) is 8.15. The van der Waals surface area contributed by atoms with Gasteiger partial charge >= 0.3 is 0 Å². The number of fused-ring (bicyclic) bond motifs is 1. The smallest absolute Gasteiger partial charge is 0.262 e. The lowest BCUT2D eigenvalue weighted by atomic mass is 10.2. The number of para-hydroxylation sites is 1. The fourth-order valence-corrected chi connectivity index (χ4v) is 3.22. The van der Waals surface area contributed by atoms with Crippen molar-refractivity contribution in [2.75, 3.05) is 6.54 Å². The largest absolute Gasteiger partial charge is 0.355 e. The quantitative estimate of drug-likeness (QED) is 0.625. The van der Waals surface area contributed by atoms with Crippen LogP contribution in [0.25, 0.3) is 10.9 Å². The van der Waals surface area contributed by atoms with Gasteiger partial charge in [-0.15, -0.1) is 0 Å². The predicted octanol–water partition coefficient (Wildman–Crippen LogP) is 2.81. The first kappa shape index (κ1) is 17.5. The van der Waals surface area contributed by atoms with Crippen LogP contribution in [-0.2, 0) is 11.3 Å². The molecule has 1 aromatic heterocycles. The first-order valence-corrected chi connectivity index (χ1v) is 8.90. The molecule has 0 bridgehead atoms. The van der Waals surface area contributed by atoms with Gasteiger partial charge < -0.3 is 5.32 Å². The van der Waals surface area contributed by atoms with E-state index in [1.54, 1.807) is 10.6 Å². The number of hydrogen-bond acceptors (Lipinski definition) is 4. The molecular weight excluding hydrogens is 310 g/mol. The van der Waals surface area contributed by atoms with Crippen LogP contribution in [0.4, 0.5) is 0 Å². The van der Waals surface area contributed by atoms with Crippen molar-refractivity contribution in [3.05, 3.63) is 34.6 Å². The van der Waals surface area contributed by atoms with E-state index in [1.807, 2.05) is 39.0 Å². The van der Waals surface area contributed by atoms with Crippen LogP contribution in [0, 0.1) is 0 Å². The highest BCUT2D eigenvalue weighted by atomic mass is 32.2. The maximum absolute atomic E-state index is 12.7. The first-order valence-electron chi connectivity index (χ1n) is 8.02. The predicted molar refractivity (Wildman–Crippen MR) is 94.9 cm³/mol. The van der Waals surface area contributed by atoms with E-state index < -0.39 is 0 Å². The van der Waals surface area contributed by atoms with Crippen LogP contribution < -0.4 is 10.9 Å². The monoisotopic (exact) mass is 333 g/mol. The Balaban J connectivity index is 2.36. The van der Waals surface area contributed by atoms with Gasteiger partial charge in [-0.3, -0.25) is 14.2 Å². The van der Waals surface area contributed by atoms with Gasteiger partial charge in [-0.25, -0.2) is 4.98 Å². The normalized spacial score (nSPS) is 12.3. The Bertz CT molecular complexity index is 742. The third-order valence-electron chi connectivity index (χ3n) is 3.47. The zero-order valence-electron chi connectivity index (χ0n) is 13.8. The molecule has 2 rings (SSSR count). The molecule has 1 heterocycles. The number of carbonyl (C=O) groups excluding carboxylic acids is 1. The molecule has 1 N–H and O–H groups in total. The SMILES string of the molecule is CCCNC(=O)C(C)Sc1nc2ccccc2c(=O)n1CCC. The van der Waals surface area contributed by atoms with Crippen LogP contribution in [0.1, 0.15) is 33.6 Å². The Morgan fingerprint density at radius 2 is 2.04 bits per heavy atom. The van der Waals surface area contributed by atoms with E-state index in [0.29, 0.717) is 29.1 Å². The Labute approximate surface area is 140 Å². The van der Waals surface area contributed by atoms with Crippen molar-refractivity contribution in [1.29, 1.82) is 0 Å². The maximum Gasteiger partial charge on any atom is 0.262 e. The van der Waals surface area contributed by atoms with E-state index in [1.165, 1.54) is 11.8 Å². The van der Waals surface area contributed by atoms with Crippen molar-refractivity contribution >= 4 is 28.6 Å². The molecule has 1 amide bonds. The van der Waals surface area contributed by atoms with Crippen molar-refractivity contribution in [2.45, 2.75) is 50.6 Å². The first-order chi connectivity index (χ1) is 11.1. The average Bonchev–Trinajstić information content (AvgIpc) is 2.56. The summed E-state index contributed by atoms with van der Waals surface area (Å²) in [4.78, 5) is 29.4. The topological polar surface area (TPSA) is 64.0 Å². The number of thioether (sulfide) groups is 1. The van der Waals surface area contributed by atoms with Gasteiger partial charge in [0.2, 0.25) is 5.91 Å². The molecule has 0 aliphatic rings. The van der Waals surface area contributed by atoms with Crippen LogP contribution in [0.5, 0.6) is 0 Å². The number of benzene rings is 1. The Morgan fingerprint density at radius 3 is 2.74 bits per heavy atom. The summed E-state index contributed by atoms with van der Waals surface area (Å²) in [6.45, 7) is 7.14. The molecule has 1 atom stereocenters. The van der Waals surface area contributed by atoms with Crippen LogP contribution >= 0.6 is 11.8 Å². The fourth-order valence-electron chi connectivity index (χ4n) is 2.26. The molecule has 1 unspecified atom stereocenters. The van der Waals surface area contributed by atoms with Gasteiger partial charge in [0.1, 0.15) is 0 Å². The number of amides is 1. The lowest BCUT2D eigenvalue weighted by Crippen LogP contribution is -2.32. The summed E-state index contributed by atoms with van der Waals surface area (Å²) in [5, 5.41) is 3.81. The fraction of sp³-hybridized carbons (Fsp3) is 0.471. The van der Waals surface area contributed by atoms with E-state index in [0.717, 1.165) is 12.8 Å². The van der Waals surface area contributed by atoms with Crippen molar-refractivity contribution in [3.8, 4) is 0 Å².